The maximum absolute atomic E-state index is 11.1. The molecule has 0 aliphatic heterocycles. The number of hydrogen-bond donors (Lipinski definition) is 1. The van der Waals surface area contributed by atoms with Gasteiger partial charge in [0.05, 0.1) is 4.92 Å². The number of carbonyl (C=O) groups excluding carboxylic acids is 1. The predicted molar refractivity (Wildman–Crippen MR) is 79.2 cm³/mol. The highest BCUT2D eigenvalue weighted by molar-refractivity contribution is 7.85. The molecule has 2 aromatic carbocycles. The van der Waals surface area contributed by atoms with E-state index in [2.05, 4.69) is 0 Å². The number of non-ortho nitro benzene ring substituents is 1. The number of aldehydes is 1. The van der Waals surface area contributed by atoms with Crippen LogP contribution in [0.1, 0.15) is 15.9 Å². The molecule has 0 fully saturated rings. The minimum atomic E-state index is -4.25. The van der Waals surface area contributed by atoms with Crippen molar-refractivity contribution in [3.8, 4) is 11.1 Å². The fraction of sp³-hybridized carbons (Fsp3) is 0.0714. The Morgan fingerprint density at radius 2 is 1.82 bits per heavy atom. The molecule has 0 heterocycles. The first-order valence-corrected chi connectivity index (χ1v) is 7.69. The Kier molecular flexibility index (Phi) is 4.34. The van der Waals surface area contributed by atoms with Gasteiger partial charge in [-0.05, 0) is 22.8 Å². The third kappa shape index (κ3) is 3.74. The number of nitro groups is 1. The summed E-state index contributed by atoms with van der Waals surface area (Å²) in [6.07, 6.45) is 0.474. The van der Waals surface area contributed by atoms with Gasteiger partial charge < -0.3 is 0 Å². The smallest absolute Gasteiger partial charge is 0.270 e. The summed E-state index contributed by atoms with van der Waals surface area (Å²) in [6, 6.07) is 10.2. The molecule has 0 bridgehead atoms. The Morgan fingerprint density at radius 1 is 1.14 bits per heavy atom. The fourth-order valence-electron chi connectivity index (χ4n) is 2.01. The van der Waals surface area contributed by atoms with Crippen LogP contribution in [0.3, 0.4) is 0 Å². The summed E-state index contributed by atoms with van der Waals surface area (Å²) in [5.41, 5.74) is 1.22. The Hall–Kier alpha value is -2.58. The van der Waals surface area contributed by atoms with Crippen LogP contribution < -0.4 is 0 Å². The molecule has 0 unspecified atom stereocenters. The zero-order valence-corrected chi connectivity index (χ0v) is 12.0. The topological polar surface area (TPSA) is 115 Å². The average molecular weight is 321 g/mol. The van der Waals surface area contributed by atoms with Crippen molar-refractivity contribution in [1.29, 1.82) is 0 Å². The Bertz CT molecular complexity index is 844. The number of benzene rings is 2. The van der Waals surface area contributed by atoms with E-state index in [1.165, 1.54) is 36.4 Å². The first-order chi connectivity index (χ1) is 10.3. The summed E-state index contributed by atoms with van der Waals surface area (Å²) in [5.74, 6) is -0.670. The zero-order chi connectivity index (χ0) is 16.3. The fourth-order valence-corrected chi connectivity index (χ4v) is 2.67. The van der Waals surface area contributed by atoms with Crippen molar-refractivity contribution in [1.82, 2.24) is 0 Å². The number of rotatable bonds is 5. The van der Waals surface area contributed by atoms with Crippen molar-refractivity contribution in [2.45, 2.75) is 5.75 Å². The second-order valence-electron chi connectivity index (χ2n) is 4.57. The number of nitrogens with zero attached hydrogens (tertiary/aromatic N) is 1. The maximum atomic E-state index is 11.1. The summed E-state index contributed by atoms with van der Waals surface area (Å²) in [7, 11) is -4.25. The third-order valence-corrected chi connectivity index (χ3v) is 3.68. The highest BCUT2D eigenvalue weighted by Crippen LogP contribution is 2.26. The molecule has 1 N–H and O–H groups in total. The molecule has 114 valence electrons. The van der Waals surface area contributed by atoms with E-state index in [0.717, 1.165) is 0 Å². The van der Waals surface area contributed by atoms with Crippen molar-refractivity contribution in [2.24, 2.45) is 0 Å². The van der Waals surface area contributed by atoms with Gasteiger partial charge in [-0.25, -0.2) is 0 Å². The molecule has 22 heavy (non-hydrogen) atoms. The Morgan fingerprint density at radius 3 is 2.41 bits per heavy atom. The molecule has 0 saturated carbocycles. The van der Waals surface area contributed by atoms with Gasteiger partial charge in [-0.1, -0.05) is 24.3 Å². The Labute approximate surface area is 126 Å². The molecule has 2 aromatic rings. The van der Waals surface area contributed by atoms with E-state index >= 15 is 0 Å². The maximum Gasteiger partial charge on any atom is 0.270 e. The summed E-state index contributed by atoms with van der Waals surface area (Å²) in [5, 5.41) is 10.8. The molecular weight excluding hydrogens is 310 g/mol. The van der Waals surface area contributed by atoms with Crippen LogP contribution in [0.4, 0.5) is 5.69 Å². The molecule has 0 saturated heterocycles. The SMILES string of the molecule is O=Cc1cc(-c2cccc([N+](=O)[O-])c2)ccc1CS(=O)(=O)O. The van der Waals surface area contributed by atoms with Gasteiger partial charge >= 0.3 is 0 Å². The molecule has 0 aromatic heterocycles. The van der Waals surface area contributed by atoms with Crippen LogP contribution in [-0.4, -0.2) is 24.2 Å². The molecule has 8 heteroatoms. The number of hydrogen-bond acceptors (Lipinski definition) is 5. The second kappa shape index (κ2) is 6.04. The van der Waals surface area contributed by atoms with Crippen LogP contribution in [0.5, 0.6) is 0 Å². The second-order valence-corrected chi connectivity index (χ2v) is 6.02. The first kappa shape index (κ1) is 15.8. The van der Waals surface area contributed by atoms with E-state index in [1.54, 1.807) is 6.07 Å². The molecule has 0 atom stereocenters. The van der Waals surface area contributed by atoms with Gasteiger partial charge in [0.1, 0.15) is 12.0 Å². The summed E-state index contributed by atoms with van der Waals surface area (Å²) >= 11 is 0. The van der Waals surface area contributed by atoms with Crippen molar-refractivity contribution in [2.75, 3.05) is 0 Å². The van der Waals surface area contributed by atoms with Gasteiger partial charge in [-0.15, -0.1) is 0 Å². The van der Waals surface area contributed by atoms with E-state index in [0.29, 0.717) is 17.4 Å². The minimum Gasteiger partial charge on any atom is -0.298 e. The van der Waals surface area contributed by atoms with Crippen molar-refractivity contribution in [3.63, 3.8) is 0 Å². The number of nitro benzene ring substituents is 1. The molecule has 0 radical (unpaired) electrons. The predicted octanol–water partition coefficient (Wildman–Crippen LogP) is 2.46. The van der Waals surface area contributed by atoms with Crippen LogP contribution in [-0.2, 0) is 15.9 Å². The number of carbonyl (C=O) groups is 1. The zero-order valence-electron chi connectivity index (χ0n) is 11.2. The van der Waals surface area contributed by atoms with E-state index in [-0.39, 0.29) is 16.8 Å². The molecule has 0 spiro atoms. The highest BCUT2D eigenvalue weighted by atomic mass is 32.2. The van der Waals surface area contributed by atoms with Crippen molar-refractivity contribution >= 4 is 22.1 Å². The molecule has 0 amide bonds. The van der Waals surface area contributed by atoms with Gasteiger partial charge in [-0.3, -0.25) is 19.5 Å². The lowest BCUT2D eigenvalue weighted by Crippen LogP contribution is -2.04. The lowest BCUT2D eigenvalue weighted by atomic mass is 10.00. The molecule has 0 aliphatic rings. The Balaban J connectivity index is 2.48. The van der Waals surface area contributed by atoms with Gasteiger partial charge in [0, 0.05) is 17.7 Å². The largest absolute Gasteiger partial charge is 0.298 e. The van der Waals surface area contributed by atoms with Gasteiger partial charge in [0.25, 0.3) is 15.8 Å². The van der Waals surface area contributed by atoms with Crippen LogP contribution in [0.2, 0.25) is 0 Å². The molecular formula is C14H11NO6S. The standard InChI is InChI=1S/C14H11NO6S/c16-8-13-6-11(4-5-12(13)9-22(19,20)21)10-2-1-3-14(7-10)15(17)18/h1-8H,9H2,(H,19,20,21). The third-order valence-electron chi connectivity index (χ3n) is 3.00. The average Bonchev–Trinajstić information content (AvgIpc) is 2.46. The van der Waals surface area contributed by atoms with Crippen LogP contribution in [0.15, 0.2) is 42.5 Å². The summed E-state index contributed by atoms with van der Waals surface area (Å²) in [6.45, 7) is 0. The highest BCUT2D eigenvalue weighted by Gasteiger charge is 2.13. The normalized spacial score (nSPS) is 11.1. The van der Waals surface area contributed by atoms with E-state index in [1.807, 2.05) is 0 Å². The molecule has 0 aliphatic carbocycles. The first-order valence-electron chi connectivity index (χ1n) is 6.08. The van der Waals surface area contributed by atoms with Gasteiger partial charge in [0.2, 0.25) is 0 Å². The van der Waals surface area contributed by atoms with Crippen LogP contribution in [0, 0.1) is 10.1 Å². The lowest BCUT2D eigenvalue weighted by molar-refractivity contribution is -0.384. The lowest BCUT2D eigenvalue weighted by Gasteiger charge is -2.07. The van der Waals surface area contributed by atoms with E-state index in [9.17, 15) is 23.3 Å². The monoisotopic (exact) mass is 321 g/mol. The summed E-state index contributed by atoms with van der Waals surface area (Å²) in [4.78, 5) is 21.3. The quantitative estimate of drug-likeness (QED) is 0.391. The van der Waals surface area contributed by atoms with Crippen LogP contribution in [0.25, 0.3) is 11.1 Å². The van der Waals surface area contributed by atoms with E-state index in [4.69, 9.17) is 4.55 Å². The van der Waals surface area contributed by atoms with Crippen molar-refractivity contribution < 1.29 is 22.7 Å². The molecule has 7 nitrogen and oxygen atoms in total. The molecule has 2 rings (SSSR count). The van der Waals surface area contributed by atoms with E-state index < -0.39 is 20.8 Å². The van der Waals surface area contributed by atoms with Gasteiger partial charge in [0.15, 0.2) is 0 Å². The minimum absolute atomic E-state index is 0.0906. The summed E-state index contributed by atoms with van der Waals surface area (Å²) < 4.78 is 30.7. The van der Waals surface area contributed by atoms with Crippen LogP contribution >= 0.6 is 0 Å². The van der Waals surface area contributed by atoms with Gasteiger partial charge in [-0.2, -0.15) is 8.42 Å². The van der Waals surface area contributed by atoms with Crippen molar-refractivity contribution in [3.05, 3.63) is 63.7 Å².